The predicted molar refractivity (Wildman–Crippen MR) is 59.5 cm³/mol. The van der Waals surface area contributed by atoms with Crippen LogP contribution in [-0.2, 0) is 9.53 Å². The Morgan fingerprint density at radius 1 is 1.47 bits per heavy atom. The molecule has 0 aromatic rings. The molecule has 4 heteroatoms. The van der Waals surface area contributed by atoms with Gasteiger partial charge in [0.15, 0.2) is 6.10 Å². The van der Waals surface area contributed by atoms with E-state index >= 15 is 0 Å². The predicted octanol–water partition coefficient (Wildman–Crippen LogP) is 1.48. The standard InChI is InChI=1S/C11H21NO3/c1-5-6-7-15-10(8-11(13)14)9-12(2,3)4/h6-7,10H,5,8-9H2,1-4H3/p+1. The van der Waals surface area contributed by atoms with E-state index in [4.69, 9.17) is 9.84 Å². The molecule has 0 aliphatic heterocycles. The SMILES string of the molecule is CCC=COC(CC(=O)O)C[N+](C)(C)C. The summed E-state index contributed by atoms with van der Waals surface area (Å²) in [7, 11) is 6.05. The molecule has 0 aromatic heterocycles. The van der Waals surface area contributed by atoms with Crippen molar-refractivity contribution < 1.29 is 19.1 Å². The maximum atomic E-state index is 10.6. The van der Waals surface area contributed by atoms with E-state index in [9.17, 15) is 4.79 Å². The van der Waals surface area contributed by atoms with E-state index in [1.54, 1.807) is 6.26 Å². The summed E-state index contributed by atoms with van der Waals surface area (Å²) >= 11 is 0. The molecule has 0 amide bonds. The Kier molecular flexibility index (Phi) is 6.01. The van der Waals surface area contributed by atoms with Gasteiger partial charge in [-0.2, -0.15) is 0 Å². The number of ether oxygens (including phenoxy) is 1. The second-order valence-corrected chi connectivity index (χ2v) is 4.61. The molecule has 0 radical (unpaired) electrons. The van der Waals surface area contributed by atoms with Gasteiger partial charge >= 0.3 is 5.97 Å². The first-order chi connectivity index (χ1) is 6.85. The third kappa shape index (κ3) is 9.28. The first kappa shape index (κ1) is 14.0. The summed E-state index contributed by atoms with van der Waals surface area (Å²) in [6, 6.07) is 0. The fourth-order valence-corrected chi connectivity index (χ4v) is 1.22. The highest BCUT2D eigenvalue weighted by Crippen LogP contribution is 2.05. The molecule has 15 heavy (non-hydrogen) atoms. The van der Waals surface area contributed by atoms with Crippen molar-refractivity contribution in [3.63, 3.8) is 0 Å². The Balaban J connectivity index is 4.18. The average molecular weight is 216 g/mol. The summed E-state index contributed by atoms with van der Waals surface area (Å²) in [6.07, 6.45) is 4.16. The van der Waals surface area contributed by atoms with Crippen LogP contribution in [0.5, 0.6) is 0 Å². The number of hydrogen-bond acceptors (Lipinski definition) is 2. The molecule has 0 fully saturated rings. The zero-order chi connectivity index (χ0) is 11.9. The van der Waals surface area contributed by atoms with Crippen LogP contribution >= 0.6 is 0 Å². The van der Waals surface area contributed by atoms with Crippen molar-refractivity contribution in [3.05, 3.63) is 12.3 Å². The van der Waals surface area contributed by atoms with E-state index in [1.165, 1.54) is 0 Å². The molecule has 0 aromatic carbocycles. The van der Waals surface area contributed by atoms with Gasteiger partial charge in [0.05, 0.1) is 33.8 Å². The topological polar surface area (TPSA) is 46.5 Å². The highest BCUT2D eigenvalue weighted by atomic mass is 16.5. The lowest BCUT2D eigenvalue weighted by molar-refractivity contribution is -0.873. The molecule has 0 bridgehead atoms. The molecule has 0 spiro atoms. The fourth-order valence-electron chi connectivity index (χ4n) is 1.22. The van der Waals surface area contributed by atoms with Crippen molar-refractivity contribution in [1.82, 2.24) is 0 Å². The third-order valence-corrected chi connectivity index (χ3v) is 1.76. The van der Waals surface area contributed by atoms with Gasteiger partial charge in [-0.25, -0.2) is 0 Å². The van der Waals surface area contributed by atoms with Crippen LogP contribution < -0.4 is 0 Å². The molecule has 0 heterocycles. The van der Waals surface area contributed by atoms with Gasteiger partial charge in [-0.1, -0.05) is 13.0 Å². The number of carboxylic acids is 1. The van der Waals surface area contributed by atoms with Crippen molar-refractivity contribution in [1.29, 1.82) is 0 Å². The Labute approximate surface area is 91.7 Å². The van der Waals surface area contributed by atoms with Gasteiger partial charge in [0.1, 0.15) is 6.54 Å². The number of quaternary nitrogens is 1. The van der Waals surface area contributed by atoms with E-state index in [2.05, 4.69) is 0 Å². The Morgan fingerprint density at radius 3 is 2.47 bits per heavy atom. The number of likely N-dealkylation sites (N-methyl/N-ethyl adjacent to an activating group) is 1. The Bertz CT molecular complexity index is 218. The van der Waals surface area contributed by atoms with Gasteiger partial charge < -0.3 is 14.3 Å². The number of allylic oxidation sites excluding steroid dienone is 1. The molecule has 0 saturated carbocycles. The van der Waals surface area contributed by atoms with Gasteiger partial charge in [0, 0.05) is 0 Å². The van der Waals surface area contributed by atoms with Crippen LogP contribution in [0, 0.1) is 0 Å². The van der Waals surface area contributed by atoms with E-state index < -0.39 is 5.97 Å². The number of carboxylic acid groups (broad SMARTS) is 1. The van der Waals surface area contributed by atoms with Crippen molar-refractivity contribution in [2.75, 3.05) is 27.7 Å². The summed E-state index contributed by atoms with van der Waals surface area (Å²) in [4.78, 5) is 10.6. The molecule has 0 saturated heterocycles. The fraction of sp³-hybridized carbons (Fsp3) is 0.727. The summed E-state index contributed by atoms with van der Waals surface area (Å²) in [5.74, 6) is -0.821. The second kappa shape index (κ2) is 6.45. The van der Waals surface area contributed by atoms with E-state index in [0.29, 0.717) is 11.0 Å². The van der Waals surface area contributed by atoms with Gasteiger partial charge in [0.25, 0.3) is 0 Å². The van der Waals surface area contributed by atoms with E-state index in [-0.39, 0.29) is 12.5 Å². The van der Waals surface area contributed by atoms with Crippen LogP contribution in [0.25, 0.3) is 0 Å². The van der Waals surface area contributed by atoms with Crippen molar-refractivity contribution >= 4 is 5.97 Å². The lowest BCUT2D eigenvalue weighted by atomic mass is 10.2. The van der Waals surface area contributed by atoms with Gasteiger partial charge in [-0.05, 0) is 6.42 Å². The van der Waals surface area contributed by atoms with Crippen LogP contribution in [0.15, 0.2) is 12.3 Å². The molecule has 1 N–H and O–H groups in total. The highest BCUT2D eigenvalue weighted by Gasteiger charge is 2.21. The molecular weight excluding hydrogens is 194 g/mol. The van der Waals surface area contributed by atoms with Crippen LogP contribution in [-0.4, -0.2) is 49.4 Å². The maximum Gasteiger partial charge on any atom is 0.307 e. The molecule has 1 unspecified atom stereocenters. The van der Waals surface area contributed by atoms with Crippen molar-refractivity contribution in [2.45, 2.75) is 25.9 Å². The zero-order valence-electron chi connectivity index (χ0n) is 10.1. The Hall–Kier alpha value is -1.03. The van der Waals surface area contributed by atoms with E-state index in [1.807, 2.05) is 34.1 Å². The average Bonchev–Trinajstić information content (AvgIpc) is 2.00. The number of nitrogens with zero attached hydrogens (tertiary/aromatic N) is 1. The number of aliphatic carboxylic acids is 1. The summed E-state index contributed by atoms with van der Waals surface area (Å²) in [6.45, 7) is 2.69. The Morgan fingerprint density at radius 2 is 2.07 bits per heavy atom. The minimum absolute atomic E-state index is 0.0452. The largest absolute Gasteiger partial charge is 0.492 e. The highest BCUT2D eigenvalue weighted by molar-refractivity contribution is 5.67. The first-order valence-electron chi connectivity index (χ1n) is 5.18. The summed E-state index contributed by atoms with van der Waals surface area (Å²) in [5.41, 5.74) is 0. The smallest absolute Gasteiger partial charge is 0.307 e. The number of carbonyl (C=O) groups is 1. The first-order valence-corrected chi connectivity index (χ1v) is 5.18. The normalized spacial score (nSPS) is 14.1. The van der Waals surface area contributed by atoms with Gasteiger partial charge in [-0.3, -0.25) is 4.79 Å². The summed E-state index contributed by atoms with van der Waals surface area (Å²) < 4.78 is 6.08. The number of hydrogen-bond donors (Lipinski definition) is 1. The molecule has 0 aliphatic rings. The van der Waals surface area contributed by atoms with Gasteiger partial charge in [0.2, 0.25) is 0 Å². The lowest BCUT2D eigenvalue weighted by Crippen LogP contribution is -2.42. The van der Waals surface area contributed by atoms with Crippen LogP contribution in [0.3, 0.4) is 0 Å². The maximum absolute atomic E-state index is 10.6. The molecule has 0 rings (SSSR count). The van der Waals surface area contributed by atoms with Crippen LogP contribution in [0.4, 0.5) is 0 Å². The number of rotatable bonds is 7. The zero-order valence-corrected chi connectivity index (χ0v) is 10.1. The third-order valence-electron chi connectivity index (χ3n) is 1.76. The van der Waals surface area contributed by atoms with Crippen LogP contribution in [0.2, 0.25) is 0 Å². The molecule has 0 aliphatic carbocycles. The molecule has 88 valence electrons. The monoisotopic (exact) mass is 216 g/mol. The van der Waals surface area contributed by atoms with Crippen molar-refractivity contribution in [3.8, 4) is 0 Å². The second-order valence-electron chi connectivity index (χ2n) is 4.61. The molecule has 4 nitrogen and oxygen atoms in total. The summed E-state index contributed by atoms with van der Waals surface area (Å²) in [5, 5.41) is 8.73. The lowest BCUT2D eigenvalue weighted by Gasteiger charge is -2.28. The van der Waals surface area contributed by atoms with Crippen molar-refractivity contribution in [2.24, 2.45) is 0 Å². The molecule has 1 atom stereocenters. The quantitative estimate of drug-likeness (QED) is 0.518. The molecular formula is C11H22NO3+. The minimum atomic E-state index is -0.821. The van der Waals surface area contributed by atoms with Crippen LogP contribution in [0.1, 0.15) is 19.8 Å². The van der Waals surface area contributed by atoms with Gasteiger partial charge in [-0.15, -0.1) is 0 Å². The van der Waals surface area contributed by atoms with E-state index in [0.717, 1.165) is 6.42 Å². The minimum Gasteiger partial charge on any atom is -0.492 e.